The van der Waals surface area contributed by atoms with Crippen LogP contribution < -0.4 is 0 Å². The minimum Gasteiger partial charge on any atom is -0.460 e. The molecule has 0 fully saturated rings. The summed E-state index contributed by atoms with van der Waals surface area (Å²) >= 11 is 3.93. The topological polar surface area (TPSA) is 43.4 Å². The fourth-order valence-corrected chi connectivity index (χ4v) is 0.538. The van der Waals surface area contributed by atoms with Crippen LogP contribution in [0.2, 0.25) is 0 Å². The molecule has 4 heteroatoms. The molecule has 0 bridgehead atoms. The molecule has 0 unspecified atom stereocenters. The van der Waals surface area contributed by atoms with Crippen molar-refractivity contribution < 1.29 is 14.3 Å². The molecule has 0 atom stereocenters. The fraction of sp³-hybridized carbons (Fsp3) is 0.714. The van der Waals surface area contributed by atoms with Crippen molar-refractivity contribution in [2.45, 2.75) is 25.5 Å². The Balaban J connectivity index is 4.15. The Morgan fingerprint density at radius 3 is 2.18 bits per heavy atom. The second kappa shape index (κ2) is 3.76. The first-order valence-corrected chi connectivity index (χ1v) is 3.78. The molecule has 11 heavy (non-hydrogen) atoms. The number of esters is 1. The highest BCUT2D eigenvalue weighted by molar-refractivity contribution is 7.82. The van der Waals surface area contributed by atoms with E-state index in [1.807, 2.05) is 0 Å². The van der Waals surface area contributed by atoms with Gasteiger partial charge >= 0.3 is 5.97 Å². The Labute approximate surface area is 71.5 Å². The van der Waals surface area contributed by atoms with Gasteiger partial charge in [0.15, 0.2) is 0 Å². The molecule has 0 aliphatic heterocycles. The van der Waals surface area contributed by atoms with Crippen molar-refractivity contribution in [1.82, 2.24) is 0 Å². The van der Waals surface area contributed by atoms with Crippen LogP contribution in [0, 0.1) is 0 Å². The van der Waals surface area contributed by atoms with E-state index < -0.39 is 16.5 Å². The van der Waals surface area contributed by atoms with Crippen LogP contribution in [0.1, 0.15) is 20.8 Å². The summed E-state index contributed by atoms with van der Waals surface area (Å²) in [4.78, 5) is 21.8. The number of carbonyl (C=O) groups is 2. The largest absolute Gasteiger partial charge is 0.460 e. The van der Waals surface area contributed by atoms with Crippen LogP contribution in [0.15, 0.2) is 0 Å². The van der Waals surface area contributed by atoms with E-state index >= 15 is 0 Å². The number of hydrogen-bond acceptors (Lipinski definition) is 4. The van der Waals surface area contributed by atoms with E-state index in [-0.39, 0.29) is 6.61 Å². The van der Waals surface area contributed by atoms with Gasteiger partial charge in [-0.2, -0.15) is 12.6 Å². The third-order valence-electron chi connectivity index (χ3n) is 1.02. The molecule has 0 aromatic heterocycles. The third-order valence-corrected chi connectivity index (χ3v) is 1.22. The summed E-state index contributed by atoms with van der Waals surface area (Å²) in [6.07, 6.45) is 0. The molecule has 0 aromatic rings. The van der Waals surface area contributed by atoms with Crippen LogP contribution >= 0.6 is 12.6 Å². The van der Waals surface area contributed by atoms with E-state index in [0.29, 0.717) is 0 Å². The summed E-state index contributed by atoms with van der Waals surface area (Å²) in [5, 5.41) is 0. The zero-order valence-corrected chi connectivity index (χ0v) is 7.77. The first-order valence-electron chi connectivity index (χ1n) is 3.33. The van der Waals surface area contributed by atoms with Crippen molar-refractivity contribution >= 4 is 24.4 Å². The van der Waals surface area contributed by atoms with Crippen LogP contribution in [-0.2, 0) is 14.3 Å². The molecule has 0 aliphatic carbocycles. The van der Waals surface area contributed by atoms with Gasteiger partial charge in [0.25, 0.3) is 5.78 Å². The molecule has 64 valence electrons. The summed E-state index contributed by atoms with van der Waals surface area (Å²) in [6, 6.07) is 0. The maximum Gasteiger partial charge on any atom is 0.376 e. The second-order valence-electron chi connectivity index (χ2n) is 2.61. The number of carbonyl (C=O) groups excluding carboxylic acids is 2. The molecule has 0 N–H and O–H groups in total. The average Bonchev–Trinajstić information content (AvgIpc) is 1.85. The average molecular weight is 176 g/mol. The van der Waals surface area contributed by atoms with E-state index in [1.54, 1.807) is 20.8 Å². The zero-order valence-electron chi connectivity index (χ0n) is 6.88. The van der Waals surface area contributed by atoms with Gasteiger partial charge in [-0.1, -0.05) is 0 Å². The molecular weight excluding hydrogens is 164 g/mol. The van der Waals surface area contributed by atoms with Crippen LogP contribution in [0.5, 0.6) is 0 Å². The normalized spacial score (nSPS) is 10.9. The predicted molar refractivity (Wildman–Crippen MR) is 44.7 cm³/mol. The van der Waals surface area contributed by atoms with Gasteiger partial charge in [0, 0.05) is 0 Å². The van der Waals surface area contributed by atoms with Gasteiger partial charge in [-0.15, -0.1) is 0 Å². The van der Waals surface area contributed by atoms with Crippen LogP contribution in [-0.4, -0.2) is 23.1 Å². The number of ether oxygens (including phenoxy) is 1. The summed E-state index contributed by atoms with van der Waals surface area (Å²) in [5.41, 5.74) is 0. The van der Waals surface area contributed by atoms with Gasteiger partial charge in [0.05, 0.1) is 11.4 Å². The number of thiol groups is 1. The van der Waals surface area contributed by atoms with E-state index in [2.05, 4.69) is 17.4 Å². The van der Waals surface area contributed by atoms with Gasteiger partial charge < -0.3 is 4.74 Å². The lowest BCUT2D eigenvalue weighted by Crippen LogP contribution is -2.33. The van der Waals surface area contributed by atoms with Crippen molar-refractivity contribution in [3.8, 4) is 0 Å². The van der Waals surface area contributed by atoms with Crippen molar-refractivity contribution in [3.05, 3.63) is 0 Å². The minimum atomic E-state index is -0.938. The number of ketones is 1. The molecule has 0 saturated carbocycles. The maximum atomic E-state index is 11.0. The Kier molecular flexibility index (Phi) is 3.58. The number of Topliss-reactive ketones (excluding diaryl/α,β-unsaturated/α-hetero) is 1. The first-order chi connectivity index (χ1) is 4.89. The number of hydrogen-bond donors (Lipinski definition) is 1. The van der Waals surface area contributed by atoms with E-state index in [0.717, 1.165) is 0 Å². The highest BCUT2D eigenvalue weighted by Gasteiger charge is 2.30. The summed E-state index contributed by atoms with van der Waals surface area (Å²) in [5.74, 6) is -1.42. The lowest BCUT2D eigenvalue weighted by molar-refractivity contribution is -0.154. The van der Waals surface area contributed by atoms with Crippen molar-refractivity contribution in [2.75, 3.05) is 6.61 Å². The molecule has 0 heterocycles. The Morgan fingerprint density at radius 1 is 1.45 bits per heavy atom. The third kappa shape index (κ3) is 3.41. The molecule has 0 spiro atoms. The van der Waals surface area contributed by atoms with E-state index in [1.165, 1.54) is 0 Å². The van der Waals surface area contributed by atoms with Crippen LogP contribution in [0.4, 0.5) is 0 Å². The monoisotopic (exact) mass is 176 g/mol. The van der Waals surface area contributed by atoms with Gasteiger partial charge in [0.1, 0.15) is 0 Å². The molecule has 3 nitrogen and oxygen atoms in total. The fourth-order valence-electron chi connectivity index (χ4n) is 0.446. The molecule has 0 amide bonds. The van der Waals surface area contributed by atoms with Crippen LogP contribution in [0.3, 0.4) is 0 Å². The van der Waals surface area contributed by atoms with Crippen molar-refractivity contribution in [3.63, 3.8) is 0 Å². The summed E-state index contributed by atoms with van der Waals surface area (Å²) in [7, 11) is 0. The molecular formula is C7H12O3S. The van der Waals surface area contributed by atoms with Crippen LogP contribution in [0.25, 0.3) is 0 Å². The Bertz CT molecular complexity index is 169. The Hall–Kier alpha value is -0.510. The molecule has 0 aromatic carbocycles. The molecule has 0 radical (unpaired) electrons. The van der Waals surface area contributed by atoms with Gasteiger partial charge in [0.2, 0.25) is 0 Å². The van der Waals surface area contributed by atoms with E-state index in [4.69, 9.17) is 0 Å². The molecule has 0 saturated heterocycles. The highest BCUT2D eigenvalue weighted by atomic mass is 32.1. The van der Waals surface area contributed by atoms with Gasteiger partial charge in [-0.25, -0.2) is 4.79 Å². The zero-order chi connectivity index (χ0) is 9.07. The van der Waals surface area contributed by atoms with Gasteiger partial charge in [-0.3, -0.25) is 4.79 Å². The lowest BCUT2D eigenvalue weighted by atomic mass is 10.1. The quantitative estimate of drug-likeness (QED) is 0.393. The second-order valence-corrected chi connectivity index (χ2v) is 3.73. The van der Waals surface area contributed by atoms with E-state index in [9.17, 15) is 9.59 Å². The Morgan fingerprint density at radius 2 is 1.91 bits per heavy atom. The minimum absolute atomic E-state index is 0.217. The maximum absolute atomic E-state index is 11.0. The lowest BCUT2D eigenvalue weighted by Gasteiger charge is -2.13. The smallest absolute Gasteiger partial charge is 0.376 e. The highest BCUT2D eigenvalue weighted by Crippen LogP contribution is 2.13. The van der Waals surface area contributed by atoms with Crippen molar-refractivity contribution in [2.24, 2.45) is 0 Å². The van der Waals surface area contributed by atoms with Gasteiger partial charge in [-0.05, 0) is 20.8 Å². The summed E-state index contributed by atoms with van der Waals surface area (Å²) in [6.45, 7) is 4.97. The molecule has 0 aliphatic rings. The first kappa shape index (κ1) is 10.5. The predicted octanol–water partition coefficient (Wildman–Crippen LogP) is 0.827. The summed E-state index contributed by atoms with van der Waals surface area (Å²) < 4.78 is 3.55. The van der Waals surface area contributed by atoms with Crippen molar-refractivity contribution in [1.29, 1.82) is 0 Å². The molecule has 0 rings (SSSR count). The SMILES string of the molecule is CCOC(=O)C(=O)C(C)(C)S. The number of rotatable bonds is 3. The standard InChI is InChI=1S/C7H12O3S/c1-4-10-6(9)5(8)7(2,3)11/h11H,4H2,1-3H3.